The second-order valence-electron chi connectivity index (χ2n) is 16.9. The molecule has 3 heterocycles. The van der Waals surface area contributed by atoms with E-state index in [9.17, 15) is 59.2 Å². The fraction of sp³-hybridized carbons (Fsp3) is 0.217. The lowest BCUT2D eigenvalue weighted by molar-refractivity contribution is -0.114. The third-order valence-electron chi connectivity index (χ3n) is 11.1. The zero-order valence-corrected chi connectivity index (χ0v) is 48.4. The minimum Gasteiger partial charge on any atom is -0.493 e. The number of rotatable bonds is 19. The van der Waals surface area contributed by atoms with Crippen LogP contribution in [0.3, 0.4) is 0 Å². The number of thiazole rings is 1. The van der Waals surface area contributed by atoms with Gasteiger partial charge in [-0.25, -0.2) is 9.97 Å². The van der Waals surface area contributed by atoms with Crippen molar-refractivity contribution in [3.05, 3.63) is 95.1 Å². The minimum atomic E-state index is -4.70. The molecule has 3 aromatic heterocycles. The molecule has 83 heavy (non-hydrogen) atoms. The lowest BCUT2D eigenvalue weighted by atomic mass is 10.1. The Hall–Kier alpha value is -8.16. The number of fused-ring (bicyclic) bond motifs is 6. The summed E-state index contributed by atoms with van der Waals surface area (Å²) in [6, 6.07) is 21.0. The Kier molecular flexibility index (Phi) is 21.0. The monoisotopic (exact) mass is 1280 g/mol. The Morgan fingerprint density at radius 1 is 0.795 bits per heavy atom. The molecule has 436 valence electrons. The predicted octanol–water partition coefficient (Wildman–Crippen LogP) is 8.41. The molecular formula is C46H41N11O19S7. The van der Waals surface area contributed by atoms with Gasteiger partial charge in [-0.3, -0.25) is 22.9 Å². The van der Waals surface area contributed by atoms with Gasteiger partial charge in [-0.15, -0.1) is 62.6 Å². The molecule has 30 nitrogen and oxygen atoms in total. The van der Waals surface area contributed by atoms with Gasteiger partial charge in [-0.2, -0.15) is 35.6 Å². The molecule has 1 amide bonds. The first-order valence-electron chi connectivity index (χ1n) is 23.0. The lowest BCUT2D eigenvalue weighted by Crippen LogP contribution is -2.08. The van der Waals surface area contributed by atoms with E-state index in [1.807, 2.05) is 0 Å². The summed E-state index contributed by atoms with van der Waals surface area (Å²) in [5.41, 5.74) is 2.67. The summed E-state index contributed by atoms with van der Waals surface area (Å²) in [7, 11) is -19.6. The van der Waals surface area contributed by atoms with Crippen LogP contribution in [0.2, 0.25) is 0 Å². The fourth-order valence-electron chi connectivity index (χ4n) is 7.63. The van der Waals surface area contributed by atoms with Crippen LogP contribution in [-0.2, 0) is 63.0 Å². The fourth-order valence-corrected chi connectivity index (χ4v) is 11.4. The van der Waals surface area contributed by atoms with Crippen molar-refractivity contribution in [2.75, 3.05) is 29.2 Å². The van der Waals surface area contributed by atoms with Crippen molar-refractivity contribution >= 4 is 158 Å². The van der Waals surface area contributed by atoms with Crippen molar-refractivity contribution in [3.8, 4) is 17.7 Å². The van der Waals surface area contributed by atoms with E-state index in [0.717, 1.165) is 23.1 Å². The molecule has 0 aliphatic heterocycles. The summed E-state index contributed by atoms with van der Waals surface area (Å²) in [6.07, 6.45) is -0.128. The number of amides is 1. The van der Waals surface area contributed by atoms with Crippen molar-refractivity contribution in [3.63, 3.8) is 0 Å². The van der Waals surface area contributed by atoms with Gasteiger partial charge >= 0.3 is 21.2 Å². The van der Waals surface area contributed by atoms with Gasteiger partial charge in [0.05, 0.1) is 57.5 Å². The molecule has 0 fully saturated rings. The summed E-state index contributed by atoms with van der Waals surface area (Å²) in [5, 5.41) is 62.5. The average Bonchev–Trinajstić information content (AvgIpc) is 2.33. The number of anilines is 1. The number of hydrogen-bond donors (Lipinski definition) is 6. The molecular weight excluding hydrogens is 1240 g/mol. The van der Waals surface area contributed by atoms with Crippen molar-refractivity contribution < 1.29 is 83.9 Å². The zero-order chi connectivity index (χ0) is 61.1. The number of aliphatic hydroxyl groups is 1. The lowest BCUT2D eigenvalue weighted by Gasteiger charge is -2.12. The van der Waals surface area contributed by atoms with Crippen LogP contribution in [0.15, 0.2) is 113 Å². The van der Waals surface area contributed by atoms with Crippen LogP contribution < -0.4 is 10.1 Å². The number of hydrogen-bond acceptors (Lipinski definition) is 27. The Morgan fingerprint density at radius 2 is 1.43 bits per heavy atom. The molecule has 6 N–H and O–H groups in total. The highest BCUT2D eigenvalue weighted by Gasteiger charge is 2.24. The Morgan fingerprint density at radius 3 is 2.07 bits per heavy atom. The van der Waals surface area contributed by atoms with Crippen molar-refractivity contribution in [2.45, 2.75) is 50.0 Å². The Bertz CT molecular complexity index is 4590. The minimum absolute atomic E-state index is 0.00381. The molecule has 0 saturated carbocycles. The van der Waals surface area contributed by atoms with Crippen LogP contribution in [0, 0.1) is 25.2 Å². The van der Waals surface area contributed by atoms with Crippen LogP contribution in [0.5, 0.6) is 11.6 Å². The highest BCUT2D eigenvalue weighted by molar-refractivity contribution is 7.99. The standard InChI is InChI=1S/C46H41N11O13S5.2O3S/c1-24-16-35(53-55-41-25(2)31(22-47)44-49-34-19-29(48-26(3)59)10-11-37(34)57(44)45(41)60)38(70-12-6-14-73(61,62)63)20-32(24)51-54-36-17-28(23-58)33(21-39(36)71-13-7-15-74(64,65)66)52-56-46-50-42-40(75(67,68)69)18-27-8-4-5-9-30(27)43(42)72-46;2*1-4(2)3/h4-5,8-11,16-21,58,60H,6-7,12-15,23H2,1-3H3,(H,48,59)(H,61,62,63)(H,64,65,66)(H,67,68,69);;. The topological polar surface area (TPSA) is 472 Å². The number of nitrogens with zero attached hydrogens (tertiary/aromatic N) is 10. The number of benzene rings is 5. The molecule has 0 radical (unpaired) electrons. The van der Waals surface area contributed by atoms with Gasteiger partial charge in [0, 0.05) is 40.1 Å². The number of aliphatic hydroxyl groups excluding tert-OH is 1. The van der Waals surface area contributed by atoms with Crippen LogP contribution in [0.1, 0.15) is 42.0 Å². The first-order valence-corrected chi connectivity index (χ1v) is 31.5. The third kappa shape index (κ3) is 17.2. The number of aryl methyl sites for hydroxylation is 1. The quantitative estimate of drug-likeness (QED) is 0.0191. The van der Waals surface area contributed by atoms with E-state index in [1.54, 1.807) is 56.3 Å². The van der Waals surface area contributed by atoms with Gasteiger partial charge < -0.3 is 20.3 Å². The average molecular weight is 1280 g/mol. The number of aromatic nitrogens is 3. The first-order chi connectivity index (χ1) is 39.0. The normalized spacial score (nSPS) is 12.0. The molecule has 5 aromatic carbocycles. The molecule has 8 aromatic rings. The molecule has 0 unspecified atom stereocenters. The predicted molar refractivity (Wildman–Crippen MR) is 299 cm³/mol. The van der Waals surface area contributed by atoms with Crippen LogP contribution in [-0.4, -0.2) is 119 Å². The number of nitriles is 1. The van der Waals surface area contributed by atoms with Gasteiger partial charge in [0.1, 0.15) is 33.5 Å². The number of carbonyl (C=O) groups is 1. The molecule has 0 aliphatic rings. The molecule has 0 bridgehead atoms. The molecule has 0 spiro atoms. The largest absolute Gasteiger partial charge is 0.493 e. The smallest absolute Gasteiger partial charge is 0.425 e. The summed E-state index contributed by atoms with van der Waals surface area (Å²) in [4.78, 5) is 20.5. The van der Waals surface area contributed by atoms with E-state index in [4.69, 9.17) is 30.0 Å². The molecule has 8 rings (SSSR count). The van der Waals surface area contributed by atoms with E-state index >= 15 is 0 Å². The number of azo groups is 3. The second kappa shape index (κ2) is 27.3. The second-order valence-corrected chi connectivity index (χ2v) is 24.3. The molecule has 0 aliphatic carbocycles. The Balaban J connectivity index is 0.00000130. The maximum absolute atomic E-state index is 12.4. The van der Waals surface area contributed by atoms with Gasteiger partial charge in [0.2, 0.25) is 16.9 Å². The third-order valence-corrected chi connectivity index (χ3v) is 15.6. The van der Waals surface area contributed by atoms with E-state index in [-0.39, 0.29) is 98.3 Å². The van der Waals surface area contributed by atoms with Crippen LogP contribution >= 0.6 is 23.1 Å². The van der Waals surface area contributed by atoms with Crippen LogP contribution in [0.4, 0.5) is 39.3 Å². The van der Waals surface area contributed by atoms with Crippen LogP contribution in [0.25, 0.3) is 37.7 Å². The number of imidazole rings is 1. The molecule has 37 heteroatoms. The Labute approximate surface area is 480 Å². The maximum Gasteiger partial charge on any atom is 0.425 e. The highest BCUT2D eigenvalue weighted by atomic mass is 32.2. The number of pyridine rings is 1. The van der Waals surface area contributed by atoms with Gasteiger partial charge in [-0.1, -0.05) is 35.6 Å². The van der Waals surface area contributed by atoms with Gasteiger partial charge in [0.25, 0.3) is 30.4 Å². The van der Waals surface area contributed by atoms with E-state index < -0.39 is 80.5 Å². The first kappa shape index (κ1) is 64.0. The van der Waals surface area contributed by atoms with E-state index in [1.165, 1.54) is 41.7 Å². The number of nitrogens with one attached hydrogen (secondary N) is 1. The van der Waals surface area contributed by atoms with E-state index in [0.29, 0.717) is 42.7 Å². The number of ether oxygens (including phenoxy) is 1. The summed E-state index contributed by atoms with van der Waals surface area (Å²) in [6.45, 7) is 3.72. The summed E-state index contributed by atoms with van der Waals surface area (Å²) >= 11 is 2.14. The molecule has 0 atom stereocenters. The number of carbonyl (C=O) groups excluding carboxylic acids is 1. The summed E-state index contributed by atoms with van der Waals surface area (Å²) < 4.78 is 158. The highest BCUT2D eigenvalue weighted by Crippen LogP contribution is 2.44. The van der Waals surface area contributed by atoms with Gasteiger partial charge in [-0.05, 0) is 85.9 Å². The number of aromatic hydroxyl groups is 1. The van der Waals surface area contributed by atoms with E-state index in [2.05, 4.69) is 52.0 Å². The van der Waals surface area contributed by atoms with Crippen molar-refractivity contribution in [1.29, 1.82) is 5.26 Å². The van der Waals surface area contributed by atoms with Crippen molar-refractivity contribution in [1.82, 2.24) is 14.4 Å². The van der Waals surface area contributed by atoms with Gasteiger partial charge in [0.15, 0.2) is 11.3 Å². The molecule has 0 saturated heterocycles. The zero-order valence-electron chi connectivity index (χ0n) is 42.7. The SMILES string of the molecule is CC(=O)Nc1ccc2c(c1)nc1c(C#N)c(C)c(N=Nc3cc(C)c(N=Nc4cc(CO)c(N=Nc5nc6c(S(=O)(=O)O)cc7ccccc7c6s5)cc4SCCCS(=O)(=O)O)cc3OCCCS(=O)(=O)O)c(O)n12.O=S(=O)=O.O=S(=O)=O. The van der Waals surface area contributed by atoms with Crippen molar-refractivity contribution in [2.24, 2.45) is 30.7 Å². The number of thioether (sulfide) groups is 1. The summed E-state index contributed by atoms with van der Waals surface area (Å²) in [5.74, 6) is -1.75. The maximum atomic E-state index is 12.4.